The van der Waals surface area contributed by atoms with Crippen molar-refractivity contribution in [2.24, 2.45) is 0 Å². The number of amides is 1. The van der Waals surface area contributed by atoms with E-state index in [4.69, 9.17) is 9.47 Å². The average molecular weight is 391 g/mol. The lowest BCUT2D eigenvalue weighted by Gasteiger charge is -2.11. The number of hydrogen-bond acceptors (Lipinski definition) is 5. The summed E-state index contributed by atoms with van der Waals surface area (Å²) in [4.78, 5) is 16.7. The number of ether oxygens (including phenoxy) is 2. The Morgan fingerprint density at radius 1 is 0.897 bits per heavy atom. The molecule has 2 aromatic carbocycles. The molecule has 0 aliphatic carbocycles. The van der Waals surface area contributed by atoms with Crippen molar-refractivity contribution in [3.63, 3.8) is 0 Å². The third-order valence-corrected chi connectivity index (χ3v) is 4.56. The maximum atomic E-state index is 12.5. The Labute approximate surface area is 170 Å². The van der Waals surface area contributed by atoms with E-state index in [0.717, 1.165) is 23.4 Å². The molecule has 1 heterocycles. The van der Waals surface area contributed by atoms with Crippen molar-refractivity contribution >= 4 is 17.3 Å². The first-order valence-electron chi connectivity index (χ1n) is 9.44. The molecule has 0 fully saturated rings. The number of aromatic nitrogens is 1. The highest BCUT2D eigenvalue weighted by Crippen LogP contribution is 2.27. The van der Waals surface area contributed by atoms with Gasteiger partial charge in [0.2, 0.25) is 0 Å². The fraction of sp³-hybridized carbons (Fsp3) is 0.217. The predicted octanol–water partition coefficient (Wildman–Crippen LogP) is 4.53. The minimum absolute atomic E-state index is 0.246. The van der Waals surface area contributed by atoms with Gasteiger partial charge in [0.25, 0.3) is 5.91 Å². The SMILES string of the molecule is CCc1ccc(NC(=O)c2cc(NCc3ccc(OC)c(OC)c3)ccn2)cc1. The Morgan fingerprint density at radius 2 is 1.62 bits per heavy atom. The summed E-state index contributed by atoms with van der Waals surface area (Å²) in [6.07, 6.45) is 2.58. The van der Waals surface area contributed by atoms with E-state index >= 15 is 0 Å². The van der Waals surface area contributed by atoms with E-state index in [1.54, 1.807) is 26.5 Å². The molecule has 1 aromatic heterocycles. The number of nitrogens with zero attached hydrogens (tertiary/aromatic N) is 1. The molecule has 3 rings (SSSR count). The standard InChI is InChI=1S/C23H25N3O3/c1-4-16-5-8-18(9-6-16)26-23(27)20-14-19(11-12-24-20)25-15-17-7-10-21(28-2)22(13-17)29-3/h5-14H,4,15H2,1-3H3,(H,24,25)(H,26,27). The monoisotopic (exact) mass is 391 g/mol. The summed E-state index contributed by atoms with van der Waals surface area (Å²) in [6, 6.07) is 17.1. The molecule has 150 valence electrons. The molecule has 0 radical (unpaired) electrons. The Hall–Kier alpha value is -3.54. The van der Waals surface area contributed by atoms with Crippen LogP contribution in [0.1, 0.15) is 28.5 Å². The van der Waals surface area contributed by atoms with Gasteiger partial charge in [-0.3, -0.25) is 9.78 Å². The molecule has 0 atom stereocenters. The second-order valence-corrected chi connectivity index (χ2v) is 6.48. The van der Waals surface area contributed by atoms with Crippen molar-refractivity contribution in [2.75, 3.05) is 24.9 Å². The molecule has 1 amide bonds. The number of nitrogens with one attached hydrogen (secondary N) is 2. The Bertz CT molecular complexity index is 971. The minimum Gasteiger partial charge on any atom is -0.493 e. The van der Waals surface area contributed by atoms with Gasteiger partial charge < -0.3 is 20.1 Å². The van der Waals surface area contributed by atoms with Crippen LogP contribution in [0.15, 0.2) is 60.8 Å². The van der Waals surface area contributed by atoms with Gasteiger partial charge in [-0.15, -0.1) is 0 Å². The van der Waals surface area contributed by atoms with Gasteiger partial charge in [0.05, 0.1) is 14.2 Å². The molecule has 6 heteroatoms. The van der Waals surface area contributed by atoms with E-state index in [9.17, 15) is 4.79 Å². The van der Waals surface area contributed by atoms with Crippen LogP contribution in [0.2, 0.25) is 0 Å². The van der Waals surface area contributed by atoms with E-state index in [1.807, 2.05) is 48.5 Å². The van der Waals surface area contributed by atoms with Crippen LogP contribution in [0, 0.1) is 0 Å². The molecular weight excluding hydrogens is 366 g/mol. The molecule has 0 spiro atoms. The van der Waals surface area contributed by atoms with E-state index in [1.165, 1.54) is 5.56 Å². The van der Waals surface area contributed by atoms with Crippen LogP contribution in [-0.4, -0.2) is 25.1 Å². The number of methoxy groups -OCH3 is 2. The third kappa shape index (κ3) is 5.25. The molecule has 3 aromatic rings. The quantitative estimate of drug-likeness (QED) is 0.590. The van der Waals surface area contributed by atoms with Crippen molar-refractivity contribution < 1.29 is 14.3 Å². The topological polar surface area (TPSA) is 72.5 Å². The molecule has 2 N–H and O–H groups in total. The van der Waals surface area contributed by atoms with Gasteiger partial charge in [0.15, 0.2) is 11.5 Å². The van der Waals surface area contributed by atoms with Crippen LogP contribution in [0.4, 0.5) is 11.4 Å². The van der Waals surface area contributed by atoms with Gasteiger partial charge in [0, 0.05) is 24.1 Å². The lowest BCUT2D eigenvalue weighted by molar-refractivity contribution is 0.102. The summed E-state index contributed by atoms with van der Waals surface area (Å²) >= 11 is 0. The Morgan fingerprint density at radius 3 is 2.31 bits per heavy atom. The zero-order chi connectivity index (χ0) is 20.6. The van der Waals surface area contributed by atoms with Crippen LogP contribution in [-0.2, 0) is 13.0 Å². The van der Waals surface area contributed by atoms with Gasteiger partial charge in [-0.05, 0) is 53.9 Å². The van der Waals surface area contributed by atoms with Crippen molar-refractivity contribution in [3.8, 4) is 11.5 Å². The van der Waals surface area contributed by atoms with Gasteiger partial charge in [-0.1, -0.05) is 25.1 Å². The second-order valence-electron chi connectivity index (χ2n) is 6.48. The summed E-state index contributed by atoms with van der Waals surface area (Å²) in [6.45, 7) is 2.67. The van der Waals surface area contributed by atoms with E-state index in [-0.39, 0.29) is 5.91 Å². The Kier molecular flexibility index (Phi) is 6.68. The minimum atomic E-state index is -0.246. The third-order valence-electron chi connectivity index (χ3n) is 4.56. The molecule has 0 saturated heterocycles. The number of aryl methyl sites for hydroxylation is 1. The van der Waals surface area contributed by atoms with Crippen LogP contribution in [0.3, 0.4) is 0 Å². The van der Waals surface area contributed by atoms with E-state index < -0.39 is 0 Å². The predicted molar refractivity (Wildman–Crippen MR) is 115 cm³/mol. The highest BCUT2D eigenvalue weighted by molar-refractivity contribution is 6.03. The molecule has 0 aliphatic rings. The van der Waals surface area contributed by atoms with Gasteiger partial charge in [-0.2, -0.15) is 0 Å². The van der Waals surface area contributed by atoms with Crippen LogP contribution in [0.5, 0.6) is 11.5 Å². The number of hydrogen-bond donors (Lipinski definition) is 2. The summed E-state index contributed by atoms with van der Waals surface area (Å²) in [5.74, 6) is 1.12. The zero-order valence-corrected chi connectivity index (χ0v) is 16.9. The lowest BCUT2D eigenvalue weighted by atomic mass is 10.1. The second kappa shape index (κ2) is 9.59. The summed E-state index contributed by atoms with van der Waals surface area (Å²) in [5, 5.41) is 6.19. The van der Waals surface area contributed by atoms with E-state index in [2.05, 4.69) is 22.5 Å². The molecule has 0 bridgehead atoms. The summed E-state index contributed by atoms with van der Waals surface area (Å²) in [7, 11) is 3.22. The lowest BCUT2D eigenvalue weighted by Crippen LogP contribution is -2.14. The largest absolute Gasteiger partial charge is 0.493 e. The number of rotatable bonds is 8. The summed E-state index contributed by atoms with van der Waals surface area (Å²) < 4.78 is 10.6. The van der Waals surface area contributed by atoms with Gasteiger partial charge in [0.1, 0.15) is 5.69 Å². The number of pyridine rings is 1. The molecule has 0 aliphatic heterocycles. The van der Waals surface area contributed by atoms with Crippen LogP contribution < -0.4 is 20.1 Å². The Balaban J connectivity index is 1.65. The number of benzene rings is 2. The first-order valence-corrected chi connectivity index (χ1v) is 9.44. The van der Waals surface area contributed by atoms with Crippen LogP contribution >= 0.6 is 0 Å². The fourth-order valence-corrected chi connectivity index (χ4v) is 2.88. The number of carbonyl (C=O) groups excluding carboxylic acids is 1. The fourth-order valence-electron chi connectivity index (χ4n) is 2.88. The maximum Gasteiger partial charge on any atom is 0.274 e. The van der Waals surface area contributed by atoms with Crippen molar-refractivity contribution in [1.29, 1.82) is 0 Å². The summed E-state index contributed by atoms with van der Waals surface area (Å²) in [5.41, 5.74) is 4.16. The smallest absolute Gasteiger partial charge is 0.274 e. The highest BCUT2D eigenvalue weighted by atomic mass is 16.5. The van der Waals surface area contributed by atoms with E-state index in [0.29, 0.717) is 23.7 Å². The number of carbonyl (C=O) groups is 1. The maximum absolute atomic E-state index is 12.5. The van der Waals surface area contributed by atoms with Crippen LogP contribution in [0.25, 0.3) is 0 Å². The molecule has 0 unspecified atom stereocenters. The molecule has 0 saturated carbocycles. The van der Waals surface area contributed by atoms with Gasteiger partial charge in [-0.25, -0.2) is 0 Å². The average Bonchev–Trinajstić information content (AvgIpc) is 2.78. The highest BCUT2D eigenvalue weighted by Gasteiger charge is 2.09. The van der Waals surface area contributed by atoms with Gasteiger partial charge >= 0.3 is 0 Å². The first-order chi connectivity index (χ1) is 14.1. The van der Waals surface area contributed by atoms with Crippen molar-refractivity contribution in [3.05, 3.63) is 77.6 Å². The molecule has 6 nitrogen and oxygen atoms in total. The van der Waals surface area contributed by atoms with Crippen molar-refractivity contribution in [1.82, 2.24) is 4.98 Å². The zero-order valence-electron chi connectivity index (χ0n) is 16.9. The molecule has 29 heavy (non-hydrogen) atoms. The molecular formula is C23H25N3O3. The normalized spacial score (nSPS) is 10.3. The number of anilines is 2. The first kappa shape index (κ1) is 20.2. The van der Waals surface area contributed by atoms with Crippen molar-refractivity contribution in [2.45, 2.75) is 19.9 Å².